The maximum Gasteiger partial charge on any atom is 0.251 e. The molecule has 2 aromatic rings. The number of ether oxygens (including phenoxy) is 1. The van der Waals surface area contributed by atoms with E-state index in [0.29, 0.717) is 33.4 Å². The second-order valence-corrected chi connectivity index (χ2v) is 11.0. The normalized spacial score (nSPS) is 24.6. The van der Waals surface area contributed by atoms with Gasteiger partial charge in [0.2, 0.25) is 5.91 Å². The molecule has 1 saturated carbocycles. The van der Waals surface area contributed by atoms with Crippen LogP contribution in [0.3, 0.4) is 0 Å². The highest BCUT2D eigenvalue weighted by atomic mass is 35.5. The van der Waals surface area contributed by atoms with Gasteiger partial charge in [0.25, 0.3) is 5.91 Å². The largest absolute Gasteiger partial charge is 0.496 e. The van der Waals surface area contributed by atoms with Gasteiger partial charge in [-0.15, -0.1) is 0 Å². The average molecular weight is 532 g/mol. The molecule has 1 heterocycles. The Morgan fingerprint density at radius 2 is 1.78 bits per heavy atom. The fourth-order valence-corrected chi connectivity index (χ4v) is 6.48. The predicted molar refractivity (Wildman–Crippen MR) is 145 cm³/mol. The molecule has 2 aromatic carbocycles. The molecule has 36 heavy (non-hydrogen) atoms. The fourth-order valence-electron chi connectivity index (χ4n) is 6.19. The van der Waals surface area contributed by atoms with Crippen molar-refractivity contribution in [1.29, 1.82) is 0 Å². The molecule has 0 radical (unpaired) electrons. The minimum atomic E-state index is -0.326. The lowest BCUT2D eigenvalue weighted by molar-refractivity contribution is -0.131. The number of para-hydroxylation sites is 1. The summed E-state index contributed by atoms with van der Waals surface area (Å²) in [7, 11) is 1.75. The smallest absolute Gasteiger partial charge is 0.251 e. The molecule has 4 unspecified atom stereocenters. The third-order valence-corrected chi connectivity index (χ3v) is 8.90. The minimum absolute atomic E-state index is 0.0172. The van der Waals surface area contributed by atoms with Crippen LogP contribution >= 0.6 is 23.2 Å². The van der Waals surface area contributed by atoms with Gasteiger partial charge in [-0.05, 0) is 80.2 Å². The first-order valence-corrected chi connectivity index (χ1v) is 13.8. The zero-order valence-corrected chi connectivity index (χ0v) is 22.7. The molecule has 1 aliphatic carbocycles. The Morgan fingerprint density at radius 3 is 2.56 bits per heavy atom. The van der Waals surface area contributed by atoms with E-state index >= 15 is 0 Å². The summed E-state index contributed by atoms with van der Waals surface area (Å²) in [4.78, 5) is 27.5. The van der Waals surface area contributed by atoms with Crippen LogP contribution in [-0.2, 0) is 4.79 Å². The van der Waals surface area contributed by atoms with Crippen molar-refractivity contribution in [3.63, 3.8) is 0 Å². The van der Waals surface area contributed by atoms with Crippen LogP contribution in [0.4, 0.5) is 0 Å². The van der Waals surface area contributed by atoms with Crippen molar-refractivity contribution in [2.24, 2.45) is 11.8 Å². The van der Waals surface area contributed by atoms with Crippen LogP contribution in [0.15, 0.2) is 42.5 Å². The molecule has 7 heteroatoms. The van der Waals surface area contributed by atoms with Gasteiger partial charge in [0, 0.05) is 18.2 Å². The Balaban J connectivity index is 1.33. The summed E-state index contributed by atoms with van der Waals surface area (Å²) in [5.74, 6) is 2.27. The number of nitrogens with zero attached hydrogens (tertiary/aromatic N) is 1. The highest BCUT2D eigenvalue weighted by Gasteiger charge is 2.38. The molecule has 0 aromatic heterocycles. The summed E-state index contributed by atoms with van der Waals surface area (Å²) in [6.07, 6.45) is 8.24. The number of amides is 2. The van der Waals surface area contributed by atoms with Crippen molar-refractivity contribution in [3.05, 3.63) is 63.6 Å². The van der Waals surface area contributed by atoms with Crippen molar-refractivity contribution in [2.75, 3.05) is 20.2 Å². The molecule has 4 rings (SSSR count). The van der Waals surface area contributed by atoms with Gasteiger partial charge in [0.05, 0.1) is 23.7 Å². The molecule has 1 N–H and O–H groups in total. The predicted octanol–water partition coefficient (Wildman–Crippen LogP) is 6.72. The van der Waals surface area contributed by atoms with E-state index in [0.717, 1.165) is 25.1 Å². The van der Waals surface area contributed by atoms with Crippen LogP contribution < -0.4 is 10.1 Å². The molecule has 0 spiro atoms. The van der Waals surface area contributed by atoms with E-state index in [1.165, 1.54) is 43.7 Å². The van der Waals surface area contributed by atoms with Gasteiger partial charge >= 0.3 is 0 Å². The van der Waals surface area contributed by atoms with Crippen molar-refractivity contribution >= 4 is 35.0 Å². The molecule has 0 bridgehead atoms. The second-order valence-electron chi connectivity index (χ2n) is 10.2. The summed E-state index contributed by atoms with van der Waals surface area (Å²) in [6.45, 7) is 2.91. The quantitative estimate of drug-likeness (QED) is 0.450. The number of carbonyl (C=O) groups excluding carboxylic acids is 2. The van der Waals surface area contributed by atoms with Crippen LogP contribution in [-0.4, -0.2) is 43.0 Å². The van der Waals surface area contributed by atoms with E-state index in [4.69, 9.17) is 27.9 Å². The molecule has 5 nitrogen and oxygen atoms in total. The molecule has 1 saturated heterocycles. The van der Waals surface area contributed by atoms with E-state index in [1.54, 1.807) is 19.2 Å². The fraction of sp³-hybridized carbons (Fsp3) is 0.517. The first kappa shape index (κ1) is 26.8. The second kappa shape index (κ2) is 12.3. The Kier molecular flexibility index (Phi) is 9.19. The van der Waals surface area contributed by atoms with Crippen LogP contribution in [0.25, 0.3) is 0 Å². The van der Waals surface area contributed by atoms with Gasteiger partial charge < -0.3 is 15.0 Å². The first-order chi connectivity index (χ1) is 17.4. The number of likely N-dealkylation sites (tertiary alicyclic amines) is 1. The Labute approximate surface area is 224 Å². The van der Waals surface area contributed by atoms with Crippen LogP contribution in [0, 0.1) is 11.8 Å². The number of halogens is 2. The molecule has 2 fully saturated rings. The minimum Gasteiger partial charge on any atom is -0.496 e. The lowest BCUT2D eigenvalue weighted by Crippen LogP contribution is -2.43. The van der Waals surface area contributed by atoms with Gasteiger partial charge in [0.1, 0.15) is 5.75 Å². The molecule has 194 valence electrons. The summed E-state index contributed by atoms with van der Waals surface area (Å²) in [5.41, 5.74) is 1.72. The third kappa shape index (κ3) is 6.18. The standard InChI is InChI=1S/C29H36Cl2N2O3/c1-19-23(20-7-3-4-8-21(12-11-20)24-9-5-6-10-27(24)36-2)15-16-33(19)28(34)18-32-29(35)22-13-14-25(30)26(31)17-22/h5-6,9-10,13-14,17,19-21,23H,3-4,7-8,11-12,15-16,18H2,1-2H3,(H,32,35). The molecular weight excluding hydrogens is 495 g/mol. The lowest BCUT2D eigenvalue weighted by Gasteiger charge is -2.33. The maximum absolute atomic E-state index is 13.0. The lowest BCUT2D eigenvalue weighted by atomic mass is 9.75. The van der Waals surface area contributed by atoms with Gasteiger partial charge in [0.15, 0.2) is 0 Å². The zero-order valence-electron chi connectivity index (χ0n) is 21.1. The van der Waals surface area contributed by atoms with Crippen molar-refractivity contribution < 1.29 is 14.3 Å². The van der Waals surface area contributed by atoms with E-state index < -0.39 is 0 Å². The van der Waals surface area contributed by atoms with Gasteiger partial charge in [-0.2, -0.15) is 0 Å². The van der Waals surface area contributed by atoms with Crippen LogP contribution in [0.2, 0.25) is 10.0 Å². The zero-order chi connectivity index (χ0) is 25.7. The molecule has 2 amide bonds. The number of rotatable bonds is 6. The van der Waals surface area contributed by atoms with Crippen molar-refractivity contribution in [1.82, 2.24) is 10.2 Å². The Hall–Kier alpha value is -2.24. The molecule has 1 aliphatic heterocycles. The van der Waals surface area contributed by atoms with Gasteiger partial charge in [-0.1, -0.05) is 60.7 Å². The monoisotopic (exact) mass is 530 g/mol. The summed E-state index contributed by atoms with van der Waals surface area (Å²) < 4.78 is 5.65. The highest BCUT2D eigenvalue weighted by Crippen LogP contribution is 2.42. The SMILES string of the molecule is COc1ccccc1C1CCCCC(C2CCN(C(=O)CNC(=O)c3ccc(Cl)c(Cl)c3)C2C)CC1. The number of nitrogens with one attached hydrogen (secondary N) is 1. The topological polar surface area (TPSA) is 58.6 Å². The first-order valence-electron chi connectivity index (χ1n) is 13.0. The van der Waals surface area contributed by atoms with E-state index in [-0.39, 0.29) is 24.4 Å². The Bertz CT molecular complexity index is 1080. The summed E-state index contributed by atoms with van der Waals surface area (Å²) >= 11 is 12.0. The highest BCUT2D eigenvalue weighted by molar-refractivity contribution is 6.42. The molecule has 4 atom stereocenters. The number of hydrogen-bond donors (Lipinski definition) is 1. The van der Waals surface area contributed by atoms with Crippen LogP contribution in [0.1, 0.15) is 73.7 Å². The van der Waals surface area contributed by atoms with Gasteiger partial charge in [-0.25, -0.2) is 0 Å². The molecule has 2 aliphatic rings. The third-order valence-electron chi connectivity index (χ3n) is 8.16. The van der Waals surface area contributed by atoms with E-state index in [1.807, 2.05) is 11.0 Å². The van der Waals surface area contributed by atoms with Crippen molar-refractivity contribution in [2.45, 2.75) is 63.8 Å². The summed E-state index contributed by atoms with van der Waals surface area (Å²) in [5, 5.41) is 3.46. The van der Waals surface area contributed by atoms with Gasteiger partial charge in [-0.3, -0.25) is 9.59 Å². The van der Waals surface area contributed by atoms with Crippen molar-refractivity contribution in [3.8, 4) is 5.75 Å². The number of benzene rings is 2. The van der Waals surface area contributed by atoms with E-state index in [2.05, 4.69) is 30.4 Å². The Morgan fingerprint density at radius 1 is 1.00 bits per heavy atom. The molecular formula is C29H36Cl2N2O3. The number of carbonyl (C=O) groups is 2. The summed E-state index contributed by atoms with van der Waals surface area (Å²) in [6, 6.07) is 13.3. The van der Waals surface area contributed by atoms with E-state index in [9.17, 15) is 9.59 Å². The van der Waals surface area contributed by atoms with Crippen LogP contribution in [0.5, 0.6) is 5.75 Å². The number of methoxy groups -OCH3 is 1. The average Bonchev–Trinajstić information content (AvgIpc) is 3.25. The maximum atomic E-state index is 13.0. The number of hydrogen-bond acceptors (Lipinski definition) is 3.